The first-order chi connectivity index (χ1) is 17.8. The highest BCUT2D eigenvalue weighted by Crippen LogP contribution is 2.39. The van der Waals surface area contributed by atoms with Crippen LogP contribution in [0.15, 0.2) is 55.5 Å². The van der Waals surface area contributed by atoms with Crippen molar-refractivity contribution in [2.24, 2.45) is 9.98 Å². The van der Waals surface area contributed by atoms with Crippen molar-refractivity contribution in [1.82, 2.24) is 9.97 Å². The van der Waals surface area contributed by atoms with Crippen LogP contribution in [0.25, 0.3) is 23.5 Å². The third kappa shape index (κ3) is 3.66. The Labute approximate surface area is 220 Å². The fraction of sp³-hybridized carbons (Fsp3) is 0.375. The SMILES string of the molecule is CCc1c2[nH]c(c1CC)-c1[nH]c(c(CC)c1CC)C=C1N=C(C(=CO)C3=NC(=C2)C(C)=C3C)C(C)=C1C. The van der Waals surface area contributed by atoms with E-state index in [1.54, 1.807) is 0 Å². The summed E-state index contributed by atoms with van der Waals surface area (Å²) in [6.07, 6.45) is 9.33. The average molecular weight is 495 g/mol. The molecule has 0 fully saturated rings. The normalized spacial score (nSPS) is 17.0. The van der Waals surface area contributed by atoms with Gasteiger partial charge in [-0.25, -0.2) is 9.98 Å². The maximum atomic E-state index is 10.4. The van der Waals surface area contributed by atoms with E-state index in [0.717, 1.165) is 82.2 Å². The summed E-state index contributed by atoms with van der Waals surface area (Å²) in [5.41, 5.74) is 18.5. The highest BCUT2D eigenvalue weighted by molar-refractivity contribution is 6.36. The second-order valence-corrected chi connectivity index (χ2v) is 10.2. The average Bonchev–Trinajstić information content (AvgIpc) is 3.59. The lowest BCUT2D eigenvalue weighted by Crippen LogP contribution is -2.13. The van der Waals surface area contributed by atoms with Gasteiger partial charge in [0.2, 0.25) is 0 Å². The van der Waals surface area contributed by atoms with Crippen molar-refractivity contribution in [3.8, 4) is 11.4 Å². The van der Waals surface area contributed by atoms with E-state index in [4.69, 9.17) is 9.98 Å². The molecule has 37 heavy (non-hydrogen) atoms. The summed E-state index contributed by atoms with van der Waals surface area (Å²) < 4.78 is 0. The Morgan fingerprint density at radius 3 is 1.32 bits per heavy atom. The summed E-state index contributed by atoms with van der Waals surface area (Å²) in [5, 5.41) is 10.4. The molecule has 192 valence electrons. The van der Waals surface area contributed by atoms with E-state index in [-0.39, 0.29) is 0 Å². The second kappa shape index (κ2) is 9.37. The zero-order chi connectivity index (χ0) is 26.6. The van der Waals surface area contributed by atoms with Crippen LogP contribution in [-0.4, -0.2) is 26.5 Å². The summed E-state index contributed by atoms with van der Waals surface area (Å²) in [6.45, 7) is 17.3. The largest absolute Gasteiger partial charge is 0.515 e. The van der Waals surface area contributed by atoms with Gasteiger partial charge in [0.15, 0.2) is 0 Å². The van der Waals surface area contributed by atoms with Crippen LogP contribution in [0, 0.1) is 0 Å². The molecule has 0 saturated heterocycles. The minimum Gasteiger partial charge on any atom is -0.515 e. The number of aromatic nitrogens is 2. The molecule has 0 aromatic carbocycles. The summed E-state index contributed by atoms with van der Waals surface area (Å²) >= 11 is 0. The number of nitrogens with one attached hydrogen (secondary N) is 2. The maximum Gasteiger partial charge on any atom is 0.0907 e. The molecule has 0 unspecified atom stereocenters. The van der Waals surface area contributed by atoms with Gasteiger partial charge in [-0.1, -0.05) is 27.7 Å². The van der Waals surface area contributed by atoms with E-state index >= 15 is 0 Å². The Morgan fingerprint density at radius 2 is 1.00 bits per heavy atom. The first kappa shape index (κ1) is 25.1. The molecule has 3 aliphatic rings. The zero-order valence-electron chi connectivity index (χ0n) is 23.4. The predicted octanol–water partition coefficient (Wildman–Crippen LogP) is 7.98. The summed E-state index contributed by atoms with van der Waals surface area (Å²) in [6, 6.07) is 0. The highest BCUT2D eigenvalue weighted by atomic mass is 16.2. The van der Waals surface area contributed by atoms with Crippen molar-refractivity contribution in [2.45, 2.75) is 81.1 Å². The van der Waals surface area contributed by atoms with Gasteiger partial charge in [-0.15, -0.1) is 0 Å². The van der Waals surface area contributed by atoms with Crippen molar-refractivity contribution in [3.63, 3.8) is 0 Å². The number of aliphatic imine (C=N–C) groups is 2. The molecule has 5 rings (SSSR count). The zero-order valence-corrected chi connectivity index (χ0v) is 23.4. The molecular weight excluding hydrogens is 456 g/mol. The van der Waals surface area contributed by atoms with Crippen molar-refractivity contribution >= 4 is 23.6 Å². The van der Waals surface area contributed by atoms with Crippen LogP contribution >= 0.6 is 0 Å². The number of nitrogens with zero attached hydrogens (tertiary/aromatic N) is 2. The number of hydrogen-bond donors (Lipinski definition) is 3. The van der Waals surface area contributed by atoms with E-state index < -0.39 is 0 Å². The van der Waals surface area contributed by atoms with Crippen LogP contribution in [0.5, 0.6) is 0 Å². The lowest BCUT2D eigenvalue weighted by Gasteiger charge is -2.08. The van der Waals surface area contributed by atoms with Gasteiger partial charge in [0.05, 0.1) is 46.0 Å². The number of fused-ring (bicyclic) bond motifs is 7. The Morgan fingerprint density at radius 1 is 0.622 bits per heavy atom. The Balaban J connectivity index is 1.92. The molecule has 8 bridgehead atoms. The lowest BCUT2D eigenvalue weighted by atomic mass is 9.94. The third-order valence-electron chi connectivity index (χ3n) is 8.44. The minimum atomic E-state index is 0.671. The second-order valence-electron chi connectivity index (χ2n) is 10.2. The minimum absolute atomic E-state index is 0.671. The number of aliphatic hydroxyl groups excluding tert-OH is 1. The number of aliphatic hydroxyl groups is 1. The predicted molar refractivity (Wildman–Crippen MR) is 156 cm³/mol. The number of rotatable bonds is 4. The van der Waals surface area contributed by atoms with Crippen LogP contribution in [0.4, 0.5) is 0 Å². The van der Waals surface area contributed by atoms with Crippen molar-refractivity contribution in [2.75, 3.05) is 0 Å². The van der Waals surface area contributed by atoms with Gasteiger partial charge < -0.3 is 15.1 Å². The van der Waals surface area contributed by atoms with Gasteiger partial charge in [-0.05, 0) is 110 Å². The molecule has 0 radical (unpaired) electrons. The number of allylic oxidation sites excluding steroid dienone is 5. The van der Waals surface area contributed by atoms with Gasteiger partial charge in [-0.2, -0.15) is 0 Å². The molecule has 0 atom stereocenters. The van der Waals surface area contributed by atoms with Crippen molar-refractivity contribution < 1.29 is 5.11 Å². The van der Waals surface area contributed by atoms with Gasteiger partial charge in [0, 0.05) is 11.4 Å². The van der Waals surface area contributed by atoms with Crippen LogP contribution in [0.1, 0.15) is 89.0 Å². The van der Waals surface area contributed by atoms with E-state index in [0.29, 0.717) is 5.57 Å². The van der Waals surface area contributed by atoms with Crippen LogP contribution in [-0.2, 0) is 25.7 Å². The van der Waals surface area contributed by atoms with Crippen LogP contribution in [0.3, 0.4) is 0 Å². The van der Waals surface area contributed by atoms with Gasteiger partial charge in [0.1, 0.15) is 0 Å². The van der Waals surface area contributed by atoms with E-state index in [9.17, 15) is 5.11 Å². The molecule has 5 heterocycles. The quantitative estimate of drug-likeness (QED) is 0.370. The maximum absolute atomic E-state index is 10.4. The first-order valence-corrected chi connectivity index (χ1v) is 13.6. The Kier molecular flexibility index (Phi) is 6.35. The highest BCUT2D eigenvalue weighted by Gasteiger charge is 2.30. The molecule has 0 spiro atoms. The van der Waals surface area contributed by atoms with Gasteiger partial charge in [0.25, 0.3) is 0 Å². The summed E-state index contributed by atoms with van der Waals surface area (Å²) in [5.74, 6) is 0. The standard InChI is InChI=1S/C32H38N4O/c1-9-20-22(11-3)31-32-23(12-4)21(10-2)28(36-32)14-26-17(6)19(8)30(34-26)24(15-37)29-18(7)16(5)25(33-29)13-27(20)35-31/h13-15,35-37H,9-12H2,1-8H3. The van der Waals surface area contributed by atoms with Gasteiger partial charge in [-0.3, -0.25) is 0 Å². The van der Waals surface area contributed by atoms with Crippen molar-refractivity contribution in [3.05, 3.63) is 79.2 Å². The van der Waals surface area contributed by atoms with Crippen LogP contribution < -0.4 is 0 Å². The lowest BCUT2D eigenvalue weighted by molar-refractivity contribution is 0.472. The molecule has 3 N–H and O–H groups in total. The van der Waals surface area contributed by atoms with Crippen molar-refractivity contribution in [1.29, 1.82) is 0 Å². The Hall–Kier alpha value is -3.60. The fourth-order valence-corrected chi connectivity index (χ4v) is 6.09. The monoisotopic (exact) mass is 494 g/mol. The molecule has 2 aromatic heterocycles. The van der Waals surface area contributed by atoms with E-state index in [1.807, 2.05) is 0 Å². The molecule has 5 heteroatoms. The molecular formula is C32H38N4O. The number of aromatic amines is 2. The Bertz CT molecular complexity index is 1430. The topological polar surface area (TPSA) is 76.5 Å². The summed E-state index contributed by atoms with van der Waals surface area (Å²) in [7, 11) is 0. The first-order valence-electron chi connectivity index (χ1n) is 13.6. The van der Waals surface area contributed by atoms with Crippen LogP contribution in [0.2, 0.25) is 0 Å². The molecule has 0 amide bonds. The van der Waals surface area contributed by atoms with E-state index in [2.05, 4.69) is 77.5 Å². The molecule has 0 aliphatic carbocycles. The molecule has 5 nitrogen and oxygen atoms in total. The van der Waals surface area contributed by atoms with Gasteiger partial charge >= 0.3 is 0 Å². The molecule has 0 saturated carbocycles. The molecule has 3 aliphatic heterocycles. The summed E-state index contributed by atoms with van der Waals surface area (Å²) in [4.78, 5) is 17.7. The fourth-order valence-electron chi connectivity index (χ4n) is 6.09. The molecule has 2 aromatic rings. The third-order valence-corrected chi connectivity index (χ3v) is 8.44. The number of H-pyrrole nitrogens is 2. The van der Waals surface area contributed by atoms with E-state index in [1.165, 1.54) is 39.9 Å². The number of hydrogen-bond acceptors (Lipinski definition) is 3. The smallest absolute Gasteiger partial charge is 0.0907 e.